The van der Waals surface area contributed by atoms with Crippen LogP contribution in [0.5, 0.6) is 0 Å². The lowest BCUT2D eigenvalue weighted by Gasteiger charge is -2.42. The minimum atomic E-state index is -0.318. The Morgan fingerprint density at radius 3 is 2.27 bits per heavy atom. The van der Waals surface area contributed by atoms with Gasteiger partial charge in [-0.2, -0.15) is 0 Å². The number of ether oxygens (including phenoxy) is 1. The predicted molar refractivity (Wildman–Crippen MR) is 109 cm³/mol. The smallest absolute Gasteiger partial charge is 0.231 e. The summed E-state index contributed by atoms with van der Waals surface area (Å²) in [5, 5.41) is 3.36. The van der Waals surface area contributed by atoms with Crippen molar-refractivity contribution in [3.8, 4) is 0 Å². The van der Waals surface area contributed by atoms with E-state index in [2.05, 4.69) is 39.4 Å². The second kappa shape index (κ2) is 11.1. The van der Waals surface area contributed by atoms with Gasteiger partial charge >= 0.3 is 0 Å². The number of piperidine rings is 1. The van der Waals surface area contributed by atoms with Crippen molar-refractivity contribution in [3.05, 3.63) is 35.9 Å². The summed E-state index contributed by atoms with van der Waals surface area (Å²) < 4.78 is 5.41. The molecule has 1 N–H and O–H groups in total. The van der Waals surface area contributed by atoms with Gasteiger partial charge in [-0.15, -0.1) is 24.8 Å². The van der Waals surface area contributed by atoms with E-state index in [4.69, 9.17) is 4.74 Å². The van der Waals surface area contributed by atoms with Crippen LogP contribution in [-0.4, -0.2) is 68.7 Å². The third-order valence-electron chi connectivity index (χ3n) is 5.34. The van der Waals surface area contributed by atoms with Crippen molar-refractivity contribution in [2.75, 3.05) is 53.0 Å². The van der Waals surface area contributed by atoms with Crippen molar-refractivity contribution >= 4 is 30.7 Å². The first-order valence-electron chi connectivity index (χ1n) is 8.99. The Morgan fingerprint density at radius 2 is 1.69 bits per heavy atom. The molecular formula is C19H31Cl2N3O2. The Bertz CT molecular complexity index is 525. The largest absolute Gasteiger partial charge is 0.384 e. The summed E-state index contributed by atoms with van der Waals surface area (Å²) in [7, 11) is 1.70. The first-order valence-corrected chi connectivity index (χ1v) is 8.99. The van der Waals surface area contributed by atoms with Gasteiger partial charge in [0.25, 0.3) is 0 Å². The van der Waals surface area contributed by atoms with Crippen molar-refractivity contribution in [2.24, 2.45) is 5.41 Å². The number of rotatable bonds is 5. The zero-order chi connectivity index (χ0) is 16.8. The molecule has 0 atom stereocenters. The number of carbonyl (C=O) groups is 1. The fourth-order valence-corrected chi connectivity index (χ4v) is 3.89. The summed E-state index contributed by atoms with van der Waals surface area (Å²) in [4.78, 5) is 17.6. The first kappa shape index (κ1) is 23.2. The number of hydrogen-bond acceptors (Lipinski definition) is 4. The fraction of sp³-hybridized carbons (Fsp3) is 0.632. The number of halogens is 2. The molecule has 2 aliphatic heterocycles. The lowest BCUT2D eigenvalue weighted by Crippen LogP contribution is -2.56. The highest BCUT2D eigenvalue weighted by Crippen LogP contribution is 2.32. The van der Waals surface area contributed by atoms with E-state index in [0.717, 1.165) is 58.7 Å². The fourth-order valence-electron chi connectivity index (χ4n) is 3.89. The van der Waals surface area contributed by atoms with Crippen LogP contribution in [0.1, 0.15) is 18.4 Å². The number of carbonyl (C=O) groups excluding carboxylic acids is 1. The highest BCUT2D eigenvalue weighted by molar-refractivity contribution is 5.85. The van der Waals surface area contributed by atoms with Crippen molar-refractivity contribution in [1.82, 2.24) is 15.1 Å². The number of hydrogen-bond donors (Lipinski definition) is 1. The SMILES string of the molecule is COCC1(C(=O)N2CCN(Cc3ccccc3)CC2)CCNCC1.Cl.Cl. The maximum atomic E-state index is 13.1. The number of piperazine rings is 1. The van der Waals surface area contributed by atoms with Crippen molar-refractivity contribution in [2.45, 2.75) is 19.4 Å². The third-order valence-corrected chi connectivity index (χ3v) is 5.34. The monoisotopic (exact) mass is 403 g/mol. The second-order valence-electron chi connectivity index (χ2n) is 7.02. The molecule has 0 unspecified atom stereocenters. The topological polar surface area (TPSA) is 44.8 Å². The van der Waals surface area contributed by atoms with E-state index in [1.165, 1.54) is 5.56 Å². The average Bonchev–Trinajstić information content (AvgIpc) is 2.64. The van der Waals surface area contributed by atoms with Crippen molar-refractivity contribution in [1.29, 1.82) is 0 Å². The Hall–Kier alpha value is -0.850. The van der Waals surface area contributed by atoms with Gasteiger partial charge in [0.2, 0.25) is 5.91 Å². The normalized spacial score (nSPS) is 20.0. The van der Waals surface area contributed by atoms with Crippen LogP contribution in [0.2, 0.25) is 0 Å². The molecular weight excluding hydrogens is 373 g/mol. The molecule has 148 valence electrons. The predicted octanol–water partition coefficient (Wildman–Crippen LogP) is 2.19. The molecule has 7 heteroatoms. The van der Waals surface area contributed by atoms with Gasteiger partial charge in [0.05, 0.1) is 12.0 Å². The van der Waals surface area contributed by atoms with Crippen LogP contribution in [0.4, 0.5) is 0 Å². The van der Waals surface area contributed by atoms with Crippen LogP contribution in [0.25, 0.3) is 0 Å². The summed E-state index contributed by atoms with van der Waals surface area (Å²) in [5.74, 6) is 0.296. The van der Waals surface area contributed by atoms with E-state index in [1.807, 2.05) is 6.07 Å². The first-order chi connectivity index (χ1) is 11.7. The lowest BCUT2D eigenvalue weighted by molar-refractivity contribution is -0.149. The summed E-state index contributed by atoms with van der Waals surface area (Å²) in [6, 6.07) is 10.6. The Labute approximate surface area is 169 Å². The minimum Gasteiger partial charge on any atom is -0.384 e. The van der Waals surface area contributed by atoms with Crippen LogP contribution < -0.4 is 5.32 Å². The van der Waals surface area contributed by atoms with Crippen molar-refractivity contribution in [3.63, 3.8) is 0 Å². The Balaban J connectivity index is 0.00000169. The van der Waals surface area contributed by atoms with Crippen LogP contribution in [0.15, 0.2) is 30.3 Å². The van der Waals surface area contributed by atoms with E-state index in [0.29, 0.717) is 12.5 Å². The summed E-state index contributed by atoms with van der Waals surface area (Å²) >= 11 is 0. The van der Waals surface area contributed by atoms with Gasteiger partial charge in [-0.05, 0) is 31.5 Å². The number of nitrogens with zero attached hydrogens (tertiary/aromatic N) is 2. The van der Waals surface area contributed by atoms with Crippen LogP contribution in [-0.2, 0) is 16.1 Å². The highest BCUT2D eigenvalue weighted by Gasteiger charge is 2.42. The van der Waals surface area contributed by atoms with E-state index < -0.39 is 0 Å². The minimum absolute atomic E-state index is 0. The Kier molecular flexibility index (Phi) is 9.90. The maximum Gasteiger partial charge on any atom is 0.231 e. The quantitative estimate of drug-likeness (QED) is 0.818. The third kappa shape index (κ3) is 5.57. The molecule has 0 radical (unpaired) electrons. The molecule has 26 heavy (non-hydrogen) atoms. The zero-order valence-electron chi connectivity index (χ0n) is 15.5. The highest BCUT2D eigenvalue weighted by atomic mass is 35.5. The molecule has 2 saturated heterocycles. The van der Waals surface area contributed by atoms with Gasteiger partial charge in [0.1, 0.15) is 0 Å². The standard InChI is InChI=1S/C19H29N3O2.2ClH/c1-24-16-19(7-9-20-10-8-19)18(23)22-13-11-21(12-14-22)15-17-5-3-2-4-6-17;;/h2-6,20H,7-16H2,1H3;2*1H. The van der Waals surface area contributed by atoms with Gasteiger partial charge in [-0.3, -0.25) is 9.69 Å². The van der Waals surface area contributed by atoms with E-state index in [-0.39, 0.29) is 30.2 Å². The van der Waals surface area contributed by atoms with Crippen LogP contribution >= 0.6 is 24.8 Å². The molecule has 0 saturated carbocycles. The molecule has 2 fully saturated rings. The maximum absolute atomic E-state index is 13.1. The number of methoxy groups -OCH3 is 1. The molecule has 0 aliphatic carbocycles. The lowest BCUT2D eigenvalue weighted by atomic mass is 9.78. The van der Waals surface area contributed by atoms with Crippen LogP contribution in [0.3, 0.4) is 0 Å². The van der Waals surface area contributed by atoms with E-state index >= 15 is 0 Å². The molecule has 2 heterocycles. The summed E-state index contributed by atoms with van der Waals surface area (Å²) in [5.41, 5.74) is 1.02. The average molecular weight is 404 g/mol. The molecule has 1 amide bonds. The number of nitrogens with one attached hydrogen (secondary N) is 1. The van der Waals surface area contributed by atoms with E-state index in [1.54, 1.807) is 7.11 Å². The van der Waals surface area contributed by atoms with Gasteiger partial charge in [0, 0.05) is 39.8 Å². The molecule has 0 aromatic heterocycles. The van der Waals surface area contributed by atoms with Gasteiger partial charge in [-0.1, -0.05) is 30.3 Å². The van der Waals surface area contributed by atoms with Gasteiger partial charge < -0.3 is 15.0 Å². The molecule has 3 rings (SSSR count). The number of amides is 1. The Morgan fingerprint density at radius 1 is 1.08 bits per heavy atom. The molecule has 5 nitrogen and oxygen atoms in total. The molecule has 1 aromatic rings. The van der Waals surface area contributed by atoms with Gasteiger partial charge in [-0.25, -0.2) is 0 Å². The van der Waals surface area contributed by atoms with E-state index in [9.17, 15) is 4.79 Å². The molecule has 0 bridgehead atoms. The van der Waals surface area contributed by atoms with Gasteiger partial charge in [0.15, 0.2) is 0 Å². The molecule has 1 aromatic carbocycles. The number of benzene rings is 1. The van der Waals surface area contributed by atoms with Crippen molar-refractivity contribution < 1.29 is 9.53 Å². The summed E-state index contributed by atoms with van der Waals surface area (Å²) in [6.07, 6.45) is 1.76. The zero-order valence-corrected chi connectivity index (χ0v) is 17.1. The molecule has 2 aliphatic rings. The second-order valence-corrected chi connectivity index (χ2v) is 7.02. The molecule has 0 spiro atoms. The summed E-state index contributed by atoms with van der Waals surface area (Å²) in [6.45, 7) is 6.86. The van der Waals surface area contributed by atoms with Crippen LogP contribution in [0, 0.1) is 5.41 Å².